The molecule has 3 aromatic heterocycles. The highest BCUT2D eigenvalue weighted by molar-refractivity contribution is 5.97. The van der Waals surface area contributed by atoms with Crippen LogP contribution in [0, 0.1) is 5.92 Å². The Balaban J connectivity index is 1.37. The number of amides is 9. The lowest BCUT2D eigenvalue weighted by Crippen LogP contribution is -2.61. The third kappa shape index (κ3) is 22.7. The summed E-state index contributed by atoms with van der Waals surface area (Å²) in [5.41, 5.74) is 7.48. The van der Waals surface area contributed by atoms with Crippen LogP contribution in [0.1, 0.15) is 81.9 Å². The minimum absolute atomic E-state index is 0.0226. The molecule has 0 aliphatic carbocycles. The number of aromatic amines is 2. The predicted molar refractivity (Wildman–Crippen MR) is 286 cm³/mol. The molecule has 1 aromatic carbocycles. The summed E-state index contributed by atoms with van der Waals surface area (Å²) in [5.74, 6) is -6.72. The number of carbonyl (C=O) groups excluding carboxylic acids is 9. The number of fused-ring (bicyclic) bond motifs is 2. The molecule has 1 aliphatic heterocycles. The van der Waals surface area contributed by atoms with Gasteiger partial charge in [0, 0.05) is 75.2 Å². The Bertz CT molecular complexity index is 2580. The fourth-order valence-electron chi connectivity index (χ4n) is 8.24. The van der Waals surface area contributed by atoms with E-state index in [1.807, 2.05) is 6.92 Å². The SMILES string of the molecule is CCCCC(=O)NCCOCCOCCOCC(=O)NC1Cc2cn(nn2)CCCCC(C(N)=O)NC(=O)CNC(=O)C(Cc2cnc[nH]2)NC(=O)C(C(C)C)NC(=O)C(Cc2cnc[nH]2)NC(=O)C(Cc2ccccc2)NC1=O. The van der Waals surface area contributed by atoms with Crippen molar-refractivity contribution in [3.63, 3.8) is 0 Å². The van der Waals surface area contributed by atoms with Gasteiger partial charge in [-0.1, -0.05) is 62.7 Å². The molecule has 2 bridgehead atoms. The van der Waals surface area contributed by atoms with Crippen molar-refractivity contribution in [2.45, 2.75) is 128 Å². The van der Waals surface area contributed by atoms with Crippen LogP contribution < -0.4 is 48.3 Å². The maximum atomic E-state index is 14.6. The highest BCUT2D eigenvalue weighted by Gasteiger charge is 2.35. The van der Waals surface area contributed by atoms with Crippen LogP contribution in [0.15, 0.2) is 61.6 Å². The molecule has 1 aliphatic rings. The molecule has 0 spiro atoms. The molecule has 12 N–H and O–H groups in total. The average Bonchev–Trinajstić information content (AvgIpc) is 4.27. The number of aryl methyl sites for hydroxylation is 1. The molecule has 6 atom stereocenters. The van der Waals surface area contributed by atoms with Gasteiger partial charge in [-0.05, 0) is 37.2 Å². The van der Waals surface area contributed by atoms with Crippen LogP contribution >= 0.6 is 0 Å². The fraction of sp³-hybridized carbons (Fsp3) is 0.558. The standard InChI is InChI=1S/C52H76N16O12/c1-4-5-14-43(69)56-15-17-78-18-19-79-20-21-80-30-45(71)61-41-25-37-29-68(67-66-37)16-10-9-13-38(47(53)72)60-44(70)28-57-48(73)40(23-35-26-54-31-58-35)64-52(77)46(33(2)3)65-51(76)42(24-36-27-55-32-59-36)63-49(74)39(62-50(41)75)22-34-11-7-6-8-12-34/h6-8,11-12,26-27,29,31-33,38-42,46H,4-5,9-10,13-25,28,30H2,1-3H3,(H2,53,72)(H,54,58)(H,55,59)(H,56,69)(H,57,73)(H,60,70)(H,61,71)(H,62,75)(H,63,74)(H,64,77)(H,65,76). The first-order chi connectivity index (χ1) is 38.6. The monoisotopic (exact) mass is 1120 g/mol. The van der Waals surface area contributed by atoms with Gasteiger partial charge < -0.3 is 72.4 Å². The molecule has 0 saturated carbocycles. The normalized spacial score (nSPS) is 20.5. The Labute approximate surface area is 463 Å². The average molecular weight is 1120 g/mol. The molecule has 4 aromatic rings. The first-order valence-corrected chi connectivity index (χ1v) is 26.8. The summed E-state index contributed by atoms with van der Waals surface area (Å²) in [7, 11) is 0. The van der Waals surface area contributed by atoms with Crippen molar-refractivity contribution in [3.8, 4) is 0 Å². The van der Waals surface area contributed by atoms with Crippen molar-refractivity contribution in [1.82, 2.24) is 77.5 Å². The summed E-state index contributed by atoms with van der Waals surface area (Å²) in [6.45, 7) is 5.97. The van der Waals surface area contributed by atoms with Gasteiger partial charge in [0.2, 0.25) is 53.2 Å². The van der Waals surface area contributed by atoms with E-state index in [9.17, 15) is 43.2 Å². The van der Waals surface area contributed by atoms with Crippen LogP contribution in [0.5, 0.6) is 0 Å². The van der Waals surface area contributed by atoms with Crippen LogP contribution in [0.4, 0.5) is 0 Å². The number of rotatable bonds is 23. The molecule has 0 fully saturated rings. The zero-order valence-corrected chi connectivity index (χ0v) is 45.5. The van der Waals surface area contributed by atoms with Crippen LogP contribution in [-0.4, -0.2) is 177 Å². The van der Waals surface area contributed by atoms with E-state index in [0.717, 1.165) is 12.8 Å². The van der Waals surface area contributed by atoms with Crippen molar-refractivity contribution in [1.29, 1.82) is 0 Å². The number of ether oxygens (including phenoxy) is 3. The third-order valence-corrected chi connectivity index (χ3v) is 12.6. The number of primary amides is 1. The van der Waals surface area contributed by atoms with Crippen molar-refractivity contribution in [2.75, 3.05) is 52.7 Å². The van der Waals surface area contributed by atoms with E-state index in [4.69, 9.17) is 19.9 Å². The zero-order chi connectivity index (χ0) is 57.7. The van der Waals surface area contributed by atoms with E-state index in [2.05, 4.69) is 72.8 Å². The van der Waals surface area contributed by atoms with E-state index >= 15 is 0 Å². The first-order valence-electron chi connectivity index (χ1n) is 26.8. The number of benzene rings is 1. The summed E-state index contributed by atoms with van der Waals surface area (Å²) in [5, 5.41) is 30.0. The summed E-state index contributed by atoms with van der Waals surface area (Å²) in [6.07, 6.45) is 9.94. The lowest BCUT2D eigenvalue weighted by molar-refractivity contribution is -0.136. The molecule has 0 radical (unpaired) electrons. The summed E-state index contributed by atoms with van der Waals surface area (Å²) in [6, 6.07) is 1.05. The maximum absolute atomic E-state index is 14.6. The Hall–Kier alpha value is -8.11. The van der Waals surface area contributed by atoms with Gasteiger partial charge in [-0.2, -0.15) is 0 Å². The first kappa shape index (κ1) is 62.7. The third-order valence-electron chi connectivity index (χ3n) is 12.6. The van der Waals surface area contributed by atoms with Crippen molar-refractivity contribution < 1.29 is 57.4 Å². The number of unbranched alkanes of at least 4 members (excludes halogenated alkanes) is 1. The predicted octanol–water partition coefficient (Wildman–Crippen LogP) is -2.30. The second-order valence-electron chi connectivity index (χ2n) is 19.4. The van der Waals surface area contributed by atoms with Gasteiger partial charge in [0.15, 0.2) is 0 Å². The lowest BCUT2D eigenvalue weighted by atomic mass is 10.0. The highest BCUT2D eigenvalue weighted by Crippen LogP contribution is 2.12. The number of hydrogen-bond acceptors (Lipinski definition) is 16. The number of aromatic nitrogens is 7. The molecule has 28 nitrogen and oxygen atoms in total. The van der Waals surface area contributed by atoms with E-state index in [0.29, 0.717) is 61.6 Å². The van der Waals surface area contributed by atoms with Gasteiger partial charge in [-0.3, -0.25) is 47.8 Å². The van der Waals surface area contributed by atoms with E-state index in [1.165, 1.54) is 29.7 Å². The topological polar surface area (TPSA) is 392 Å². The van der Waals surface area contributed by atoms with Crippen LogP contribution in [-0.2, 0) is 89.6 Å². The number of imidazole rings is 2. The second-order valence-corrected chi connectivity index (χ2v) is 19.4. The van der Waals surface area contributed by atoms with Gasteiger partial charge in [0.05, 0.1) is 57.9 Å². The highest BCUT2D eigenvalue weighted by atomic mass is 16.5. The van der Waals surface area contributed by atoms with Gasteiger partial charge in [0.25, 0.3) is 0 Å². The summed E-state index contributed by atoms with van der Waals surface area (Å²) < 4.78 is 18.1. The number of H-pyrrole nitrogens is 2. The number of hydrogen-bond donors (Lipinski definition) is 11. The molecule has 436 valence electrons. The quantitative estimate of drug-likeness (QED) is 0.0348. The molecular weight excluding hydrogens is 1040 g/mol. The molecule has 28 heteroatoms. The number of carbonyl (C=O) groups is 9. The molecular formula is C52H76N16O12. The van der Waals surface area contributed by atoms with Gasteiger partial charge in [0.1, 0.15) is 42.9 Å². The molecule has 5 rings (SSSR count). The zero-order valence-electron chi connectivity index (χ0n) is 45.5. The minimum Gasteiger partial charge on any atom is -0.377 e. The smallest absolute Gasteiger partial charge is 0.246 e. The maximum Gasteiger partial charge on any atom is 0.246 e. The summed E-state index contributed by atoms with van der Waals surface area (Å²) in [4.78, 5) is 136. The number of nitrogens with zero attached hydrogens (tertiary/aromatic N) is 5. The van der Waals surface area contributed by atoms with Crippen molar-refractivity contribution >= 4 is 53.2 Å². The summed E-state index contributed by atoms with van der Waals surface area (Å²) >= 11 is 0. The van der Waals surface area contributed by atoms with E-state index < -0.39 is 103 Å². The lowest BCUT2D eigenvalue weighted by Gasteiger charge is -2.28. The minimum atomic E-state index is -1.38. The van der Waals surface area contributed by atoms with E-state index in [-0.39, 0.29) is 64.4 Å². The number of nitrogens with one attached hydrogen (secondary N) is 10. The Morgan fingerprint density at radius 2 is 1.36 bits per heavy atom. The number of nitrogens with two attached hydrogens (primary N) is 1. The van der Waals surface area contributed by atoms with Crippen molar-refractivity contribution in [2.24, 2.45) is 11.7 Å². The largest absolute Gasteiger partial charge is 0.377 e. The molecule has 9 amide bonds. The molecule has 0 saturated heterocycles. The van der Waals surface area contributed by atoms with Gasteiger partial charge >= 0.3 is 0 Å². The fourth-order valence-corrected chi connectivity index (χ4v) is 8.24. The molecule has 6 unspecified atom stereocenters. The van der Waals surface area contributed by atoms with Crippen LogP contribution in [0.2, 0.25) is 0 Å². The Morgan fingerprint density at radius 3 is 2.01 bits per heavy atom. The van der Waals surface area contributed by atoms with Crippen LogP contribution in [0.25, 0.3) is 0 Å². The second kappa shape index (κ2) is 34.0. The van der Waals surface area contributed by atoms with Crippen molar-refractivity contribution in [3.05, 3.63) is 84.2 Å². The Morgan fingerprint density at radius 1 is 0.738 bits per heavy atom. The van der Waals surface area contributed by atoms with Gasteiger partial charge in [-0.25, -0.2) is 9.97 Å². The van der Waals surface area contributed by atoms with Gasteiger partial charge in [-0.15, -0.1) is 5.10 Å². The Kier molecular flexibility index (Phi) is 26.7. The van der Waals surface area contributed by atoms with E-state index in [1.54, 1.807) is 50.4 Å². The molecule has 80 heavy (non-hydrogen) atoms. The van der Waals surface area contributed by atoms with Crippen LogP contribution in [0.3, 0.4) is 0 Å². The molecule has 4 heterocycles.